The van der Waals surface area contributed by atoms with Gasteiger partial charge in [0.2, 0.25) is 0 Å². The Labute approximate surface area is 110 Å². The summed E-state index contributed by atoms with van der Waals surface area (Å²) < 4.78 is 0. The zero-order valence-electron chi connectivity index (χ0n) is 8.33. The van der Waals surface area contributed by atoms with E-state index in [0.29, 0.717) is 0 Å². The molecule has 0 saturated heterocycles. The van der Waals surface area contributed by atoms with E-state index < -0.39 is 6.00 Å². The van der Waals surface area contributed by atoms with Crippen molar-refractivity contribution in [2.75, 3.05) is 0 Å². The Morgan fingerprint density at radius 3 is 1.88 bits per heavy atom. The molecule has 0 aliphatic heterocycles. The minimum atomic E-state index is -2.84. The van der Waals surface area contributed by atoms with E-state index in [0.717, 1.165) is 16.3 Å². The van der Waals surface area contributed by atoms with Crippen molar-refractivity contribution < 1.29 is 0 Å². The number of hydrogen-bond acceptors (Lipinski definition) is 0. The first-order chi connectivity index (χ1) is 7.59. The van der Waals surface area contributed by atoms with E-state index in [4.69, 9.17) is 33.2 Å². The van der Waals surface area contributed by atoms with Crippen molar-refractivity contribution in [3.8, 4) is 11.1 Å². The van der Waals surface area contributed by atoms with E-state index in [1.165, 1.54) is 0 Å². The first-order valence-electron chi connectivity index (χ1n) is 4.80. The molecule has 16 heavy (non-hydrogen) atoms. The summed E-state index contributed by atoms with van der Waals surface area (Å²) >= 11 is 18.3. The largest absolute Gasteiger partial charge is 0.373 e. The first-order valence-corrected chi connectivity index (χ1v) is 9.84. The van der Waals surface area contributed by atoms with Gasteiger partial charge in [0, 0.05) is 0 Å². The van der Waals surface area contributed by atoms with Crippen molar-refractivity contribution >= 4 is 44.4 Å². The molecular weight excluding hydrogens is 279 g/mol. The Balaban J connectivity index is 2.58. The summed E-state index contributed by atoms with van der Waals surface area (Å²) in [7, 11) is 0. The van der Waals surface area contributed by atoms with Crippen LogP contribution in [-0.2, 0) is 0 Å². The van der Waals surface area contributed by atoms with Crippen molar-refractivity contribution in [2.24, 2.45) is 0 Å². The molecule has 0 atom stereocenters. The van der Waals surface area contributed by atoms with Gasteiger partial charge >= 0.3 is 6.00 Å². The van der Waals surface area contributed by atoms with Crippen LogP contribution in [0.2, 0.25) is 0 Å². The SMILES string of the molecule is Cl[Si](Cl)(Cl)c1ccccc1-c1ccccc1. The lowest BCUT2D eigenvalue weighted by atomic mass is 10.1. The third-order valence-corrected chi connectivity index (χ3v) is 5.20. The van der Waals surface area contributed by atoms with Crippen LogP contribution >= 0.6 is 33.2 Å². The molecule has 0 aliphatic carbocycles. The van der Waals surface area contributed by atoms with Crippen LogP contribution in [0.3, 0.4) is 0 Å². The third-order valence-electron chi connectivity index (χ3n) is 2.32. The smallest absolute Gasteiger partial charge is 0.121 e. The van der Waals surface area contributed by atoms with E-state index in [2.05, 4.69) is 0 Å². The number of hydrogen-bond donors (Lipinski definition) is 0. The van der Waals surface area contributed by atoms with Gasteiger partial charge in [0.05, 0.1) is 0 Å². The van der Waals surface area contributed by atoms with E-state index >= 15 is 0 Å². The molecule has 0 spiro atoms. The molecule has 0 N–H and O–H groups in total. The molecule has 0 amide bonds. The van der Waals surface area contributed by atoms with Crippen LogP contribution < -0.4 is 5.19 Å². The summed E-state index contributed by atoms with van der Waals surface area (Å²) in [5, 5.41) is 0.839. The summed E-state index contributed by atoms with van der Waals surface area (Å²) in [4.78, 5) is 0. The van der Waals surface area contributed by atoms with E-state index in [-0.39, 0.29) is 0 Å². The van der Waals surface area contributed by atoms with Crippen molar-refractivity contribution in [2.45, 2.75) is 0 Å². The topological polar surface area (TPSA) is 0 Å². The molecule has 2 aromatic rings. The van der Waals surface area contributed by atoms with Crippen LogP contribution in [-0.4, -0.2) is 6.00 Å². The van der Waals surface area contributed by atoms with Crippen molar-refractivity contribution in [3.63, 3.8) is 0 Å². The maximum absolute atomic E-state index is 6.08. The zero-order valence-corrected chi connectivity index (χ0v) is 11.6. The Morgan fingerprint density at radius 2 is 1.25 bits per heavy atom. The predicted octanol–water partition coefficient (Wildman–Crippen LogP) is 4.22. The summed E-state index contributed by atoms with van der Waals surface area (Å²) in [5.41, 5.74) is 2.09. The van der Waals surface area contributed by atoms with Crippen LogP contribution in [0.25, 0.3) is 11.1 Å². The number of halogens is 3. The molecular formula is C12H9Cl3Si. The van der Waals surface area contributed by atoms with E-state index in [9.17, 15) is 0 Å². The molecule has 0 aromatic heterocycles. The van der Waals surface area contributed by atoms with Gasteiger partial charge in [0.15, 0.2) is 0 Å². The van der Waals surface area contributed by atoms with Crippen LogP contribution in [0.5, 0.6) is 0 Å². The third kappa shape index (κ3) is 2.61. The number of benzene rings is 2. The normalized spacial score (nSPS) is 11.4. The molecule has 82 valence electrons. The highest BCUT2D eigenvalue weighted by Crippen LogP contribution is 2.26. The standard InChI is InChI=1S/C12H9Cl3Si/c13-16(14,15)12-9-5-4-8-11(12)10-6-2-1-3-7-10/h1-9H. The van der Waals surface area contributed by atoms with Gasteiger partial charge in [-0.1, -0.05) is 54.6 Å². The lowest BCUT2D eigenvalue weighted by Gasteiger charge is -2.14. The van der Waals surface area contributed by atoms with Gasteiger partial charge in [-0.05, 0) is 16.3 Å². The molecule has 0 unspecified atom stereocenters. The average Bonchev–Trinajstić information content (AvgIpc) is 2.29. The van der Waals surface area contributed by atoms with Crippen molar-refractivity contribution in [3.05, 3.63) is 54.6 Å². The van der Waals surface area contributed by atoms with Crippen molar-refractivity contribution in [1.82, 2.24) is 0 Å². The van der Waals surface area contributed by atoms with E-state index in [1.54, 1.807) is 0 Å². The molecule has 0 nitrogen and oxygen atoms in total. The fourth-order valence-electron chi connectivity index (χ4n) is 1.60. The fourth-order valence-corrected chi connectivity index (χ4v) is 3.90. The minimum Gasteiger partial charge on any atom is -0.121 e. The molecule has 0 bridgehead atoms. The molecule has 0 radical (unpaired) electrons. The van der Waals surface area contributed by atoms with Crippen LogP contribution in [0.1, 0.15) is 0 Å². The second-order valence-corrected chi connectivity index (χ2v) is 11.8. The highest BCUT2D eigenvalue weighted by Gasteiger charge is 2.30. The lowest BCUT2D eigenvalue weighted by Crippen LogP contribution is -2.31. The van der Waals surface area contributed by atoms with Crippen molar-refractivity contribution in [1.29, 1.82) is 0 Å². The van der Waals surface area contributed by atoms with Gasteiger partial charge in [-0.2, -0.15) is 0 Å². The second kappa shape index (κ2) is 4.80. The quantitative estimate of drug-likeness (QED) is 0.573. The molecule has 4 heteroatoms. The Kier molecular flexibility index (Phi) is 3.60. The molecule has 2 rings (SSSR count). The summed E-state index contributed by atoms with van der Waals surface area (Å²) in [5.74, 6) is 0. The Morgan fingerprint density at radius 1 is 0.688 bits per heavy atom. The van der Waals surface area contributed by atoms with Crippen LogP contribution in [0.4, 0.5) is 0 Å². The Bertz CT molecular complexity index is 477. The molecule has 0 aliphatic rings. The molecule has 0 fully saturated rings. The second-order valence-electron chi connectivity index (χ2n) is 3.41. The summed E-state index contributed by atoms with van der Waals surface area (Å²) in [6.45, 7) is 0. The summed E-state index contributed by atoms with van der Waals surface area (Å²) in [6.07, 6.45) is 0. The van der Waals surface area contributed by atoms with Gasteiger partial charge in [-0.25, -0.2) is 0 Å². The maximum atomic E-state index is 6.08. The molecule has 2 aromatic carbocycles. The number of rotatable bonds is 2. The molecule has 0 saturated carbocycles. The Hall–Kier alpha value is -0.473. The van der Waals surface area contributed by atoms with Gasteiger partial charge in [0.1, 0.15) is 0 Å². The maximum Gasteiger partial charge on any atom is 0.373 e. The van der Waals surface area contributed by atoms with Gasteiger partial charge in [0.25, 0.3) is 0 Å². The zero-order chi connectivity index (χ0) is 11.6. The average molecular weight is 288 g/mol. The summed E-state index contributed by atoms with van der Waals surface area (Å²) in [6, 6.07) is 14.8. The van der Waals surface area contributed by atoms with Gasteiger partial charge < -0.3 is 0 Å². The van der Waals surface area contributed by atoms with Crippen LogP contribution in [0.15, 0.2) is 54.6 Å². The predicted molar refractivity (Wildman–Crippen MR) is 74.8 cm³/mol. The molecule has 0 heterocycles. The highest BCUT2D eigenvalue weighted by atomic mass is 35.8. The van der Waals surface area contributed by atoms with E-state index in [1.807, 2.05) is 54.6 Å². The van der Waals surface area contributed by atoms with Crippen LogP contribution in [0, 0.1) is 0 Å². The minimum absolute atomic E-state index is 0.839. The monoisotopic (exact) mass is 286 g/mol. The lowest BCUT2D eigenvalue weighted by molar-refractivity contribution is 1.65. The van der Waals surface area contributed by atoms with Gasteiger partial charge in [-0.3, -0.25) is 0 Å². The highest BCUT2D eigenvalue weighted by molar-refractivity contribution is 7.69. The fraction of sp³-hybridized carbons (Fsp3) is 0. The van der Waals surface area contributed by atoms with Gasteiger partial charge in [-0.15, -0.1) is 33.2 Å². The first kappa shape index (κ1) is 12.0.